The third-order valence-corrected chi connectivity index (χ3v) is 5.39. The highest BCUT2D eigenvalue weighted by Crippen LogP contribution is 2.36. The van der Waals surface area contributed by atoms with Crippen molar-refractivity contribution in [2.24, 2.45) is 0 Å². The van der Waals surface area contributed by atoms with Crippen LogP contribution >= 0.6 is 0 Å². The lowest BCUT2D eigenvalue weighted by molar-refractivity contribution is 1.50. The normalized spacial score (nSPS) is 11.5. The second kappa shape index (κ2) is 5.71. The van der Waals surface area contributed by atoms with E-state index in [4.69, 9.17) is 0 Å². The van der Waals surface area contributed by atoms with Crippen LogP contribution in [0.2, 0.25) is 0 Å². The van der Waals surface area contributed by atoms with Crippen LogP contribution in [-0.4, -0.2) is 0 Å². The fourth-order valence-electron chi connectivity index (χ4n) is 4.15. The van der Waals surface area contributed by atoms with E-state index >= 15 is 0 Å². The first-order valence-electron chi connectivity index (χ1n) is 9.12. The first kappa shape index (κ1) is 15.2. The summed E-state index contributed by atoms with van der Waals surface area (Å²) in [7, 11) is 0. The number of benzene rings is 5. The van der Waals surface area contributed by atoms with Gasteiger partial charge in [0.25, 0.3) is 0 Å². The first-order chi connectivity index (χ1) is 12.7. The van der Waals surface area contributed by atoms with Crippen molar-refractivity contribution >= 4 is 32.3 Å². The van der Waals surface area contributed by atoms with Gasteiger partial charge in [0.2, 0.25) is 0 Å². The van der Waals surface area contributed by atoms with Crippen LogP contribution in [0.3, 0.4) is 0 Å². The molecule has 5 aromatic rings. The molecule has 0 aromatic heterocycles. The molecule has 0 saturated carbocycles. The van der Waals surface area contributed by atoms with E-state index in [1.165, 1.54) is 54.6 Å². The molecular weight excluding hydrogens is 312 g/mol. The summed E-state index contributed by atoms with van der Waals surface area (Å²) in [5, 5.41) is 7.93. The number of fused-ring (bicyclic) bond motifs is 4. The molecule has 26 heavy (non-hydrogen) atoms. The molecule has 5 aromatic carbocycles. The fourth-order valence-corrected chi connectivity index (χ4v) is 4.15. The fraction of sp³-hybridized carbons (Fsp3) is 0.0769. The molecule has 0 N–H and O–H groups in total. The summed E-state index contributed by atoms with van der Waals surface area (Å²) in [6.07, 6.45) is 0. The molecule has 0 atom stereocenters. The van der Waals surface area contributed by atoms with Crippen molar-refractivity contribution in [3.8, 4) is 11.1 Å². The predicted octanol–water partition coefficient (Wildman–Crippen LogP) is 7.43. The SMILES string of the molecule is Cc1ccc2cc(-c3cccc4c3c(C)cc3ccccc34)ccc2c1. The Kier molecular flexibility index (Phi) is 3.33. The molecule has 0 radical (unpaired) electrons. The van der Waals surface area contributed by atoms with E-state index in [1.807, 2.05) is 0 Å². The smallest absolute Gasteiger partial charge is 0.00697 e. The van der Waals surface area contributed by atoms with Crippen molar-refractivity contribution in [2.45, 2.75) is 13.8 Å². The van der Waals surface area contributed by atoms with Crippen LogP contribution in [0.15, 0.2) is 84.9 Å². The van der Waals surface area contributed by atoms with Crippen LogP contribution in [0.5, 0.6) is 0 Å². The third-order valence-electron chi connectivity index (χ3n) is 5.39. The average Bonchev–Trinajstić information content (AvgIpc) is 2.67. The minimum atomic E-state index is 1.28. The third kappa shape index (κ3) is 2.30. The Morgan fingerprint density at radius 2 is 1.31 bits per heavy atom. The van der Waals surface area contributed by atoms with Gasteiger partial charge in [0, 0.05) is 0 Å². The molecule has 124 valence electrons. The monoisotopic (exact) mass is 332 g/mol. The maximum atomic E-state index is 2.32. The van der Waals surface area contributed by atoms with E-state index in [9.17, 15) is 0 Å². The first-order valence-corrected chi connectivity index (χ1v) is 9.12. The van der Waals surface area contributed by atoms with Crippen LogP contribution in [0, 0.1) is 13.8 Å². The van der Waals surface area contributed by atoms with Crippen molar-refractivity contribution in [3.05, 3.63) is 96.1 Å². The quantitative estimate of drug-likeness (QED) is 0.280. The van der Waals surface area contributed by atoms with Crippen molar-refractivity contribution in [3.63, 3.8) is 0 Å². The van der Waals surface area contributed by atoms with Crippen LogP contribution in [0.25, 0.3) is 43.4 Å². The van der Waals surface area contributed by atoms with Gasteiger partial charge in [-0.15, -0.1) is 0 Å². The van der Waals surface area contributed by atoms with Gasteiger partial charge in [-0.1, -0.05) is 84.4 Å². The van der Waals surface area contributed by atoms with E-state index < -0.39 is 0 Å². The van der Waals surface area contributed by atoms with Gasteiger partial charge in [0.15, 0.2) is 0 Å². The average molecular weight is 332 g/mol. The Balaban J connectivity index is 1.84. The largest absolute Gasteiger partial charge is 0.0616 e. The van der Waals surface area contributed by atoms with Gasteiger partial charge in [0.05, 0.1) is 0 Å². The molecule has 0 aliphatic rings. The summed E-state index contributed by atoms with van der Waals surface area (Å²) in [4.78, 5) is 0. The lowest BCUT2D eigenvalue weighted by atomic mass is 9.91. The van der Waals surface area contributed by atoms with Gasteiger partial charge >= 0.3 is 0 Å². The van der Waals surface area contributed by atoms with Crippen molar-refractivity contribution in [1.82, 2.24) is 0 Å². The molecule has 0 spiro atoms. The molecule has 0 heterocycles. The van der Waals surface area contributed by atoms with Crippen molar-refractivity contribution < 1.29 is 0 Å². The van der Waals surface area contributed by atoms with E-state index in [0.717, 1.165) is 0 Å². The minimum Gasteiger partial charge on any atom is -0.0616 e. The molecule has 0 aliphatic heterocycles. The Labute approximate surface area is 153 Å². The molecule has 0 nitrogen and oxygen atoms in total. The van der Waals surface area contributed by atoms with Crippen LogP contribution in [0.1, 0.15) is 11.1 Å². The second-order valence-corrected chi connectivity index (χ2v) is 7.21. The summed E-state index contributed by atoms with van der Waals surface area (Å²) in [6.45, 7) is 4.37. The van der Waals surface area contributed by atoms with Crippen LogP contribution in [0.4, 0.5) is 0 Å². The topological polar surface area (TPSA) is 0 Å². The molecular formula is C26H20. The summed E-state index contributed by atoms with van der Waals surface area (Å²) >= 11 is 0. The summed E-state index contributed by atoms with van der Waals surface area (Å²) < 4.78 is 0. The van der Waals surface area contributed by atoms with E-state index in [2.05, 4.69) is 98.8 Å². The number of aryl methyl sites for hydroxylation is 2. The zero-order valence-corrected chi connectivity index (χ0v) is 15.1. The van der Waals surface area contributed by atoms with Gasteiger partial charge in [0.1, 0.15) is 0 Å². The van der Waals surface area contributed by atoms with E-state index in [-0.39, 0.29) is 0 Å². The van der Waals surface area contributed by atoms with Gasteiger partial charge < -0.3 is 0 Å². The number of hydrogen-bond donors (Lipinski definition) is 0. The minimum absolute atomic E-state index is 1.28. The highest BCUT2D eigenvalue weighted by molar-refractivity contribution is 6.13. The highest BCUT2D eigenvalue weighted by Gasteiger charge is 2.10. The Morgan fingerprint density at radius 3 is 2.23 bits per heavy atom. The Bertz CT molecular complexity index is 1290. The zero-order chi connectivity index (χ0) is 17.7. The summed E-state index contributed by atoms with van der Waals surface area (Å²) in [6, 6.07) is 31.1. The van der Waals surface area contributed by atoms with E-state index in [0.29, 0.717) is 0 Å². The number of rotatable bonds is 1. The predicted molar refractivity (Wildman–Crippen MR) is 114 cm³/mol. The van der Waals surface area contributed by atoms with Gasteiger partial charge in [-0.05, 0) is 68.9 Å². The van der Waals surface area contributed by atoms with E-state index in [1.54, 1.807) is 0 Å². The van der Waals surface area contributed by atoms with Crippen LogP contribution < -0.4 is 0 Å². The molecule has 5 rings (SSSR count). The zero-order valence-electron chi connectivity index (χ0n) is 15.1. The van der Waals surface area contributed by atoms with Crippen molar-refractivity contribution in [1.29, 1.82) is 0 Å². The summed E-state index contributed by atoms with van der Waals surface area (Å²) in [5.41, 5.74) is 5.23. The molecule has 0 heteroatoms. The molecule has 0 bridgehead atoms. The lowest BCUT2D eigenvalue weighted by Crippen LogP contribution is -1.87. The number of hydrogen-bond acceptors (Lipinski definition) is 0. The molecule has 0 amide bonds. The lowest BCUT2D eigenvalue weighted by Gasteiger charge is -2.13. The maximum absolute atomic E-state index is 2.32. The van der Waals surface area contributed by atoms with Crippen LogP contribution in [-0.2, 0) is 0 Å². The molecule has 0 aliphatic carbocycles. The van der Waals surface area contributed by atoms with Gasteiger partial charge in [-0.2, -0.15) is 0 Å². The molecule has 0 unspecified atom stereocenters. The van der Waals surface area contributed by atoms with Gasteiger partial charge in [-0.3, -0.25) is 0 Å². The molecule has 0 fully saturated rings. The standard InChI is InChI=1S/C26H20/c1-17-10-11-20-16-22(13-12-19(20)14-17)24-8-5-9-25-23-7-4-3-6-21(23)15-18(2)26(24)25/h3-16H,1-2H3. The highest BCUT2D eigenvalue weighted by atomic mass is 14.1. The maximum Gasteiger partial charge on any atom is -0.00697 e. The second-order valence-electron chi connectivity index (χ2n) is 7.21. The Morgan fingerprint density at radius 1 is 0.538 bits per heavy atom. The van der Waals surface area contributed by atoms with Crippen molar-refractivity contribution in [2.75, 3.05) is 0 Å². The van der Waals surface area contributed by atoms with Gasteiger partial charge in [-0.25, -0.2) is 0 Å². The molecule has 0 saturated heterocycles. The Hall–Kier alpha value is -3.12. The summed E-state index contributed by atoms with van der Waals surface area (Å²) in [5.74, 6) is 0.